The van der Waals surface area contributed by atoms with E-state index in [1.54, 1.807) is 12.4 Å². The molecule has 1 N–H and O–H groups in total. The summed E-state index contributed by atoms with van der Waals surface area (Å²) in [5, 5.41) is 3.03. The molecule has 1 heterocycles. The van der Waals surface area contributed by atoms with Crippen molar-refractivity contribution in [1.29, 1.82) is 0 Å². The molecule has 0 atom stereocenters. The average molecular weight is 327 g/mol. The van der Waals surface area contributed by atoms with Gasteiger partial charge in [0.25, 0.3) is 0 Å². The van der Waals surface area contributed by atoms with Crippen LogP contribution in [0.3, 0.4) is 0 Å². The van der Waals surface area contributed by atoms with Gasteiger partial charge in [0.2, 0.25) is 0 Å². The predicted molar refractivity (Wildman–Crippen MR) is 73.7 cm³/mol. The molecule has 1 aromatic heterocycles. The van der Waals surface area contributed by atoms with E-state index in [-0.39, 0.29) is 16.6 Å². The zero-order valence-electron chi connectivity index (χ0n) is 10.2. The van der Waals surface area contributed by atoms with E-state index in [9.17, 15) is 8.78 Å². The lowest BCUT2D eigenvalue weighted by Gasteiger charge is -2.08. The van der Waals surface area contributed by atoms with Crippen molar-refractivity contribution in [3.63, 3.8) is 0 Å². The molecule has 0 bridgehead atoms. The van der Waals surface area contributed by atoms with E-state index in [2.05, 4.69) is 26.2 Å². The maximum Gasteiger partial charge on any atom is 0.144 e. The number of aromatic nitrogens is 1. The number of halogens is 3. The van der Waals surface area contributed by atoms with Crippen molar-refractivity contribution in [3.05, 3.63) is 63.9 Å². The van der Waals surface area contributed by atoms with Gasteiger partial charge in [-0.2, -0.15) is 0 Å². The fraction of sp³-hybridized carbons (Fsp3) is 0.214. The molecule has 100 valence electrons. The highest BCUT2D eigenvalue weighted by Crippen LogP contribution is 2.21. The highest BCUT2D eigenvalue weighted by Gasteiger charge is 2.11. The summed E-state index contributed by atoms with van der Waals surface area (Å²) in [5.41, 5.74) is 1.14. The van der Waals surface area contributed by atoms with Gasteiger partial charge in [-0.1, -0.05) is 6.07 Å². The monoisotopic (exact) mass is 326 g/mol. The van der Waals surface area contributed by atoms with Crippen LogP contribution in [0.5, 0.6) is 0 Å². The van der Waals surface area contributed by atoms with Gasteiger partial charge in [-0.3, -0.25) is 4.98 Å². The third-order valence-electron chi connectivity index (χ3n) is 2.75. The minimum Gasteiger partial charge on any atom is -0.312 e. The summed E-state index contributed by atoms with van der Waals surface area (Å²) >= 11 is 3.05. The van der Waals surface area contributed by atoms with Crippen molar-refractivity contribution in [2.75, 3.05) is 6.54 Å². The summed E-state index contributed by atoms with van der Waals surface area (Å²) in [6.07, 6.45) is 4.26. The Bertz CT molecular complexity index is 547. The standard InChI is InChI=1S/C14H13BrF2N2/c15-12-3-4-13(16)11(14(12)17)9-19-7-5-10-2-1-6-18-8-10/h1-4,6,8,19H,5,7,9H2. The highest BCUT2D eigenvalue weighted by atomic mass is 79.9. The van der Waals surface area contributed by atoms with Crippen LogP contribution in [0, 0.1) is 11.6 Å². The minimum absolute atomic E-state index is 0.0561. The first-order valence-electron chi connectivity index (χ1n) is 5.90. The topological polar surface area (TPSA) is 24.9 Å². The van der Waals surface area contributed by atoms with Crippen LogP contribution >= 0.6 is 15.9 Å². The second-order valence-corrected chi connectivity index (χ2v) is 4.96. The normalized spacial score (nSPS) is 10.7. The van der Waals surface area contributed by atoms with Crippen LogP contribution in [-0.4, -0.2) is 11.5 Å². The van der Waals surface area contributed by atoms with E-state index >= 15 is 0 Å². The smallest absolute Gasteiger partial charge is 0.144 e. The zero-order chi connectivity index (χ0) is 13.7. The van der Waals surface area contributed by atoms with Gasteiger partial charge in [-0.15, -0.1) is 0 Å². The van der Waals surface area contributed by atoms with Crippen molar-refractivity contribution in [3.8, 4) is 0 Å². The predicted octanol–water partition coefficient (Wildman–Crippen LogP) is 3.45. The van der Waals surface area contributed by atoms with Gasteiger partial charge in [0.15, 0.2) is 0 Å². The van der Waals surface area contributed by atoms with Crippen molar-refractivity contribution in [1.82, 2.24) is 10.3 Å². The summed E-state index contributed by atoms with van der Waals surface area (Å²) in [6.45, 7) is 0.800. The SMILES string of the molecule is Fc1ccc(Br)c(F)c1CNCCc1cccnc1. The van der Waals surface area contributed by atoms with Gasteiger partial charge < -0.3 is 5.32 Å². The Labute approximate surface area is 119 Å². The molecule has 0 radical (unpaired) electrons. The summed E-state index contributed by atoms with van der Waals surface area (Å²) < 4.78 is 27.4. The van der Waals surface area contributed by atoms with E-state index < -0.39 is 11.6 Å². The molecule has 0 aliphatic heterocycles. The molecule has 0 saturated heterocycles. The van der Waals surface area contributed by atoms with Gasteiger partial charge in [-0.25, -0.2) is 8.78 Å². The largest absolute Gasteiger partial charge is 0.312 e. The molecular formula is C14H13BrF2N2. The molecule has 0 amide bonds. The zero-order valence-corrected chi connectivity index (χ0v) is 11.8. The molecule has 0 fully saturated rings. The van der Waals surface area contributed by atoms with E-state index in [1.165, 1.54) is 12.1 Å². The molecule has 0 aliphatic rings. The molecule has 1 aromatic carbocycles. The molecule has 2 nitrogen and oxygen atoms in total. The van der Waals surface area contributed by atoms with Gasteiger partial charge >= 0.3 is 0 Å². The Morgan fingerprint density at radius 2 is 2.05 bits per heavy atom. The molecule has 0 spiro atoms. The van der Waals surface area contributed by atoms with Crippen LogP contribution in [0.1, 0.15) is 11.1 Å². The fourth-order valence-electron chi connectivity index (χ4n) is 1.72. The van der Waals surface area contributed by atoms with Crippen LogP contribution in [-0.2, 0) is 13.0 Å². The lowest BCUT2D eigenvalue weighted by molar-refractivity contribution is 0.532. The van der Waals surface area contributed by atoms with E-state index in [1.807, 2.05) is 12.1 Å². The Morgan fingerprint density at radius 1 is 1.21 bits per heavy atom. The van der Waals surface area contributed by atoms with Gasteiger partial charge in [-0.05, 0) is 52.7 Å². The quantitative estimate of drug-likeness (QED) is 0.672. The molecule has 2 rings (SSSR count). The van der Waals surface area contributed by atoms with E-state index in [0.717, 1.165) is 12.0 Å². The number of hydrogen-bond donors (Lipinski definition) is 1. The number of nitrogens with zero attached hydrogens (tertiary/aromatic N) is 1. The fourth-order valence-corrected chi connectivity index (χ4v) is 2.09. The third-order valence-corrected chi connectivity index (χ3v) is 3.37. The van der Waals surface area contributed by atoms with Crippen LogP contribution < -0.4 is 5.32 Å². The summed E-state index contributed by atoms with van der Waals surface area (Å²) in [6, 6.07) is 6.45. The van der Waals surface area contributed by atoms with Crippen molar-refractivity contribution in [2.45, 2.75) is 13.0 Å². The first kappa shape index (κ1) is 14.1. The van der Waals surface area contributed by atoms with Gasteiger partial charge in [0.05, 0.1) is 4.47 Å². The summed E-state index contributed by atoms with van der Waals surface area (Å²) in [5.74, 6) is -1.08. The van der Waals surface area contributed by atoms with Gasteiger partial charge in [0, 0.05) is 24.5 Å². The van der Waals surface area contributed by atoms with Crippen LogP contribution in [0.4, 0.5) is 8.78 Å². The van der Waals surface area contributed by atoms with E-state index in [0.29, 0.717) is 6.54 Å². The molecule has 19 heavy (non-hydrogen) atoms. The molecule has 5 heteroatoms. The minimum atomic E-state index is -0.547. The van der Waals surface area contributed by atoms with Crippen molar-refractivity contribution < 1.29 is 8.78 Å². The second kappa shape index (κ2) is 6.73. The number of rotatable bonds is 5. The second-order valence-electron chi connectivity index (χ2n) is 4.11. The highest BCUT2D eigenvalue weighted by molar-refractivity contribution is 9.10. The van der Waals surface area contributed by atoms with Crippen molar-refractivity contribution >= 4 is 15.9 Å². The Balaban J connectivity index is 1.88. The number of hydrogen-bond acceptors (Lipinski definition) is 2. The van der Waals surface area contributed by atoms with Crippen LogP contribution in [0.15, 0.2) is 41.1 Å². The van der Waals surface area contributed by atoms with Crippen LogP contribution in [0.2, 0.25) is 0 Å². The Kier molecular flexibility index (Phi) is 4.99. The first-order valence-corrected chi connectivity index (χ1v) is 6.70. The average Bonchev–Trinajstić information content (AvgIpc) is 2.43. The van der Waals surface area contributed by atoms with E-state index in [4.69, 9.17) is 0 Å². The molecule has 2 aromatic rings. The molecule has 0 unspecified atom stereocenters. The number of pyridine rings is 1. The Morgan fingerprint density at radius 3 is 2.79 bits per heavy atom. The third kappa shape index (κ3) is 3.81. The number of benzene rings is 1. The lowest BCUT2D eigenvalue weighted by Crippen LogP contribution is -2.18. The van der Waals surface area contributed by atoms with Gasteiger partial charge in [0.1, 0.15) is 11.6 Å². The molecular weight excluding hydrogens is 314 g/mol. The van der Waals surface area contributed by atoms with Crippen molar-refractivity contribution in [2.24, 2.45) is 0 Å². The lowest BCUT2D eigenvalue weighted by atomic mass is 10.2. The first-order chi connectivity index (χ1) is 9.18. The maximum absolute atomic E-state index is 13.7. The maximum atomic E-state index is 13.7. The summed E-state index contributed by atoms with van der Waals surface area (Å²) in [4.78, 5) is 4.01. The summed E-state index contributed by atoms with van der Waals surface area (Å²) in [7, 11) is 0. The molecule has 0 saturated carbocycles. The van der Waals surface area contributed by atoms with Crippen LogP contribution in [0.25, 0.3) is 0 Å². The molecule has 0 aliphatic carbocycles. The number of nitrogens with one attached hydrogen (secondary N) is 1. The Hall–Kier alpha value is -1.33.